The van der Waals surface area contributed by atoms with E-state index in [1.807, 2.05) is 4.90 Å². The van der Waals surface area contributed by atoms with Crippen LogP contribution in [0.1, 0.15) is 50.5 Å². The van der Waals surface area contributed by atoms with E-state index in [-0.39, 0.29) is 18.6 Å². The first-order chi connectivity index (χ1) is 13.6. The highest BCUT2D eigenvalue weighted by molar-refractivity contribution is 7.15. The van der Waals surface area contributed by atoms with Crippen molar-refractivity contribution in [3.8, 4) is 0 Å². The first-order valence-corrected chi connectivity index (χ1v) is 11.6. The van der Waals surface area contributed by atoms with Gasteiger partial charge in [0.25, 0.3) is 0 Å². The third-order valence-electron chi connectivity index (χ3n) is 6.03. The van der Waals surface area contributed by atoms with E-state index in [1.54, 1.807) is 11.3 Å². The van der Waals surface area contributed by atoms with E-state index < -0.39 is 0 Å². The van der Waals surface area contributed by atoms with Crippen molar-refractivity contribution in [1.29, 1.82) is 0 Å². The van der Waals surface area contributed by atoms with Crippen molar-refractivity contribution in [2.24, 2.45) is 11.8 Å². The number of piperidine rings is 1. The van der Waals surface area contributed by atoms with Gasteiger partial charge in [0.15, 0.2) is 0 Å². The van der Waals surface area contributed by atoms with Gasteiger partial charge < -0.3 is 19.9 Å². The Morgan fingerprint density at radius 2 is 1.89 bits per heavy atom. The molecule has 2 saturated heterocycles. The van der Waals surface area contributed by atoms with Gasteiger partial charge in [0.1, 0.15) is 11.6 Å². The minimum atomic E-state index is 0.0130. The van der Waals surface area contributed by atoms with Crippen LogP contribution in [-0.2, 0) is 9.53 Å². The molecule has 1 amide bonds. The van der Waals surface area contributed by atoms with Gasteiger partial charge in [-0.25, -0.2) is 0 Å². The number of likely N-dealkylation sites (tertiary alicyclic amines) is 1. The smallest absolute Gasteiger partial charge is 0.248 e. The Labute approximate surface area is 171 Å². The van der Waals surface area contributed by atoms with E-state index in [4.69, 9.17) is 4.74 Å². The Hall–Kier alpha value is -1.25. The molecule has 0 radical (unpaired) electrons. The second kappa shape index (κ2) is 9.05. The zero-order valence-electron chi connectivity index (χ0n) is 17.1. The molecule has 4 rings (SSSR count). The van der Waals surface area contributed by atoms with Gasteiger partial charge in [-0.05, 0) is 50.6 Å². The Kier molecular flexibility index (Phi) is 6.48. The third-order valence-corrected chi connectivity index (χ3v) is 7.22. The zero-order valence-corrected chi connectivity index (χ0v) is 17.9. The minimum absolute atomic E-state index is 0.0130. The lowest BCUT2D eigenvalue weighted by Crippen LogP contribution is -2.51. The Balaban J connectivity index is 1.21. The van der Waals surface area contributed by atoms with Crippen LogP contribution in [0.25, 0.3) is 0 Å². The van der Waals surface area contributed by atoms with Gasteiger partial charge in [-0.15, -0.1) is 10.2 Å². The van der Waals surface area contributed by atoms with E-state index in [2.05, 4.69) is 34.3 Å². The number of ether oxygens (including phenoxy) is 1. The molecule has 0 bridgehead atoms. The summed E-state index contributed by atoms with van der Waals surface area (Å²) in [6, 6.07) is 0. The van der Waals surface area contributed by atoms with Gasteiger partial charge in [-0.3, -0.25) is 4.79 Å². The van der Waals surface area contributed by atoms with Crippen LogP contribution in [0.5, 0.6) is 0 Å². The molecular weight excluding hydrogens is 374 g/mol. The van der Waals surface area contributed by atoms with Gasteiger partial charge in [0.2, 0.25) is 11.0 Å². The van der Waals surface area contributed by atoms with E-state index in [1.165, 1.54) is 45.3 Å². The van der Waals surface area contributed by atoms with Crippen molar-refractivity contribution in [2.45, 2.75) is 51.6 Å². The summed E-state index contributed by atoms with van der Waals surface area (Å²) in [5, 5.41) is 13.6. The van der Waals surface area contributed by atoms with Gasteiger partial charge in [0.05, 0.1) is 6.10 Å². The number of nitrogens with one attached hydrogen (secondary N) is 1. The van der Waals surface area contributed by atoms with Crippen LogP contribution in [0.2, 0.25) is 0 Å². The summed E-state index contributed by atoms with van der Waals surface area (Å²) in [6.45, 7) is 10.3. The predicted octanol–water partition coefficient (Wildman–Crippen LogP) is 2.42. The first-order valence-electron chi connectivity index (χ1n) is 10.8. The number of hydrogen-bond acceptors (Lipinski definition) is 7. The molecule has 0 aromatic carbocycles. The minimum Gasteiger partial charge on any atom is -0.365 e. The van der Waals surface area contributed by atoms with Gasteiger partial charge in [-0.1, -0.05) is 25.2 Å². The number of carbonyl (C=O) groups excluding carboxylic acids is 1. The molecule has 1 aromatic heterocycles. The van der Waals surface area contributed by atoms with Gasteiger partial charge >= 0.3 is 0 Å². The second-order valence-corrected chi connectivity index (χ2v) is 9.91. The molecule has 28 heavy (non-hydrogen) atoms. The van der Waals surface area contributed by atoms with Crippen molar-refractivity contribution in [1.82, 2.24) is 20.0 Å². The maximum Gasteiger partial charge on any atom is 0.248 e. The van der Waals surface area contributed by atoms with Crippen LogP contribution in [0.15, 0.2) is 0 Å². The summed E-state index contributed by atoms with van der Waals surface area (Å²) in [6.07, 6.45) is 5.28. The lowest BCUT2D eigenvalue weighted by atomic mass is 9.95. The molecule has 8 heteroatoms. The number of aromatic nitrogens is 2. The van der Waals surface area contributed by atoms with Crippen LogP contribution >= 0.6 is 11.3 Å². The molecule has 1 saturated carbocycles. The molecular formula is C20H33N5O2S. The summed E-state index contributed by atoms with van der Waals surface area (Å²) in [4.78, 5) is 17.0. The molecule has 2 aliphatic heterocycles. The maximum absolute atomic E-state index is 12.3. The van der Waals surface area contributed by atoms with E-state index in [0.29, 0.717) is 24.9 Å². The standard InChI is InChI=1S/C20H33N5O2S/c1-14(2)19-22-23-20(28-19)21-9-17-12-25(18(26)13-27-17)11-16-5-7-24(8-6-16)10-15-3-4-15/h14-17H,3-13H2,1-2H3,(H,21,23). The molecule has 7 nitrogen and oxygen atoms in total. The SMILES string of the molecule is CC(C)c1nnc(NCC2CN(CC3CCN(CC4CC4)CC3)C(=O)CO2)s1. The average molecular weight is 408 g/mol. The Bertz CT molecular complexity index is 655. The van der Waals surface area contributed by atoms with Crippen molar-refractivity contribution < 1.29 is 9.53 Å². The molecule has 1 N–H and O–H groups in total. The molecule has 3 aliphatic rings. The summed E-state index contributed by atoms with van der Waals surface area (Å²) < 4.78 is 5.75. The lowest BCUT2D eigenvalue weighted by molar-refractivity contribution is -0.149. The van der Waals surface area contributed by atoms with E-state index in [0.717, 1.165) is 22.6 Å². The van der Waals surface area contributed by atoms with Crippen molar-refractivity contribution in [3.63, 3.8) is 0 Å². The normalized spacial score (nSPS) is 24.9. The largest absolute Gasteiger partial charge is 0.365 e. The molecule has 3 heterocycles. The molecule has 1 atom stereocenters. The average Bonchev–Trinajstić information content (AvgIpc) is 3.36. The number of nitrogens with zero attached hydrogens (tertiary/aromatic N) is 4. The predicted molar refractivity (Wildman–Crippen MR) is 111 cm³/mol. The summed E-state index contributed by atoms with van der Waals surface area (Å²) in [7, 11) is 0. The third kappa shape index (κ3) is 5.42. The fourth-order valence-electron chi connectivity index (χ4n) is 4.05. The number of carbonyl (C=O) groups is 1. The number of anilines is 1. The fraction of sp³-hybridized carbons (Fsp3) is 0.850. The number of hydrogen-bond donors (Lipinski definition) is 1. The number of morpholine rings is 1. The highest BCUT2D eigenvalue weighted by atomic mass is 32.1. The highest BCUT2D eigenvalue weighted by Crippen LogP contribution is 2.31. The monoisotopic (exact) mass is 407 g/mol. The summed E-state index contributed by atoms with van der Waals surface area (Å²) >= 11 is 1.59. The molecule has 156 valence electrons. The molecule has 1 aliphatic carbocycles. The van der Waals surface area contributed by atoms with Crippen LogP contribution in [-0.4, -0.2) is 77.9 Å². The van der Waals surface area contributed by atoms with Crippen LogP contribution in [0.4, 0.5) is 5.13 Å². The fourth-order valence-corrected chi connectivity index (χ4v) is 4.80. The van der Waals surface area contributed by atoms with E-state index >= 15 is 0 Å². The topological polar surface area (TPSA) is 70.6 Å². The second-order valence-electron chi connectivity index (χ2n) is 8.90. The van der Waals surface area contributed by atoms with Gasteiger partial charge in [-0.2, -0.15) is 0 Å². The Morgan fingerprint density at radius 3 is 2.57 bits per heavy atom. The summed E-state index contributed by atoms with van der Waals surface area (Å²) in [5.41, 5.74) is 0. The van der Waals surface area contributed by atoms with Crippen molar-refractivity contribution in [3.05, 3.63) is 5.01 Å². The van der Waals surface area contributed by atoms with Crippen molar-refractivity contribution >= 4 is 22.4 Å². The van der Waals surface area contributed by atoms with Crippen LogP contribution in [0, 0.1) is 11.8 Å². The van der Waals surface area contributed by atoms with Crippen LogP contribution in [0.3, 0.4) is 0 Å². The first kappa shape index (κ1) is 20.0. The van der Waals surface area contributed by atoms with Crippen LogP contribution < -0.4 is 5.32 Å². The lowest BCUT2D eigenvalue weighted by Gasteiger charge is -2.38. The summed E-state index contributed by atoms with van der Waals surface area (Å²) in [5.74, 6) is 2.12. The molecule has 0 spiro atoms. The molecule has 1 unspecified atom stereocenters. The van der Waals surface area contributed by atoms with Gasteiger partial charge in [0, 0.05) is 32.1 Å². The maximum atomic E-state index is 12.3. The Morgan fingerprint density at radius 1 is 1.14 bits per heavy atom. The van der Waals surface area contributed by atoms with E-state index in [9.17, 15) is 4.79 Å². The number of rotatable bonds is 8. The zero-order chi connectivity index (χ0) is 19.5. The number of amides is 1. The van der Waals surface area contributed by atoms with Crippen molar-refractivity contribution in [2.75, 3.05) is 51.2 Å². The quantitative estimate of drug-likeness (QED) is 0.714. The highest BCUT2D eigenvalue weighted by Gasteiger charge is 2.31. The molecule has 1 aromatic rings. The molecule has 3 fully saturated rings.